The maximum Gasteiger partial charge on any atom is 0.273 e. The van der Waals surface area contributed by atoms with Crippen LogP contribution in [-0.2, 0) is 0 Å². The second kappa shape index (κ2) is 4.70. The molecule has 0 aromatic heterocycles. The molecular formula is C7H10Br6Si2. The summed E-state index contributed by atoms with van der Waals surface area (Å²) < 4.78 is -3.05. The summed E-state index contributed by atoms with van der Waals surface area (Å²) in [5.74, 6) is 1.78. The van der Waals surface area contributed by atoms with E-state index in [4.69, 9.17) is 0 Å². The third-order valence-electron chi connectivity index (χ3n) is 3.86. The highest BCUT2D eigenvalue weighted by Crippen LogP contribution is 2.76. The van der Waals surface area contributed by atoms with Crippen LogP contribution < -0.4 is 0 Å². The van der Waals surface area contributed by atoms with E-state index in [-0.39, 0.29) is 0 Å². The lowest BCUT2D eigenvalue weighted by Crippen LogP contribution is -2.48. The fourth-order valence-electron chi connectivity index (χ4n) is 3.19. The molecule has 0 amide bonds. The fourth-order valence-corrected chi connectivity index (χ4v) is 53.3. The molecule has 88 valence electrons. The fraction of sp³-hybridized carbons (Fsp3) is 1.00. The highest BCUT2D eigenvalue weighted by molar-refractivity contribution is 9.75. The predicted molar refractivity (Wildman–Crippen MR) is 93.2 cm³/mol. The molecule has 15 heavy (non-hydrogen) atoms. The third kappa shape index (κ3) is 2.38. The molecule has 2 aliphatic carbocycles. The van der Waals surface area contributed by atoms with Crippen LogP contribution in [0.5, 0.6) is 0 Å². The van der Waals surface area contributed by atoms with Crippen LogP contribution >= 0.6 is 91.8 Å². The minimum Gasteiger partial charge on any atom is -0.0960 e. The first-order valence-electron chi connectivity index (χ1n) is 4.82. The van der Waals surface area contributed by atoms with Crippen LogP contribution in [0, 0.1) is 11.8 Å². The minimum atomic E-state index is -1.70. The van der Waals surface area contributed by atoms with E-state index in [1.54, 1.807) is 0 Å². The highest BCUT2D eigenvalue weighted by Gasteiger charge is 2.69. The minimum absolute atomic E-state index is 0.364. The zero-order chi connectivity index (χ0) is 11.5. The molecule has 0 aromatic rings. The first-order valence-corrected chi connectivity index (χ1v) is 22.4. The first-order chi connectivity index (χ1) is 6.68. The van der Waals surface area contributed by atoms with E-state index in [1.165, 1.54) is 25.7 Å². The van der Waals surface area contributed by atoms with Gasteiger partial charge in [-0.2, -0.15) is 0 Å². The Kier molecular flexibility index (Phi) is 4.61. The molecule has 0 radical (unpaired) electrons. The van der Waals surface area contributed by atoms with Gasteiger partial charge in [-0.25, -0.2) is 0 Å². The second-order valence-corrected chi connectivity index (χ2v) is 49.4. The summed E-state index contributed by atoms with van der Waals surface area (Å²) in [5.41, 5.74) is 0. The van der Waals surface area contributed by atoms with Crippen LogP contribution in [0.3, 0.4) is 0 Å². The van der Waals surface area contributed by atoms with Crippen LogP contribution in [0.25, 0.3) is 0 Å². The summed E-state index contributed by atoms with van der Waals surface area (Å²) in [6, 6.07) is 0. The topological polar surface area (TPSA) is 0 Å². The van der Waals surface area contributed by atoms with Gasteiger partial charge in [0.2, 0.25) is 0 Å². The lowest BCUT2D eigenvalue weighted by atomic mass is 9.99. The van der Waals surface area contributed by atoms with Crippen LogP contribution in [-0.4, -0.2) is 7.86 Å². The van der Waals surface area contributed by atoms with E-state index in [2.05, 4.69) is 91.8 Å². The lowest BCUT2D eigenvalue weighted by molar-refractivity contribution is 0.441. The quantitative estimate of drug-likeness (QED) is 0.247. The Balaban J connectivity index is 2.42. The Bertz CT molecular complexity index is 256. The van der Waals surface area contributed by atoms with Gasteiger partial charge in [-0.05, 0) is 24.7 Å². The lowest BCUT2D eigenvalue weighted by Gasteiger charge is -2.47. The normalized spacial score (nSPS) is 34.8. The zero-order valence-corrected chi connectivity index (χ0v) is 19.3. The molecule has 2 rings (SSSR count). The molecule has 0 saturated heterocycles. The average Bonchev–Trinajstić information content (AvgIpc) is 2.57. The summed E-state index contributed by atoms with van der Waals surface area (Å²) >= 11 is 23.5. The third-order valence-corrected chi connectivity index (χ3v) is 28.7. The van der Waals surface area contributed by atoms with E-state index in [0.717, 1.165) is 11.8 Å². The average molecular weight is 630 g/mol. The van der Waals surface area contributed by atoms with Gasteiger partial charge in [-0.15, -0.1) is 0 Å². The first kappa shape index (κ1) is 14.7. The Morgan fingerprint density at radius 3 is 1.60 bits per heavy atom. The van der Waals surface area contributed by atoms with Gasteiger partial charge in [0.15, 0.2) is 0 Å². The molecule has 0 spiro atoms. The Morgan fingerprint density at radius 2 is 1.40 bits per heavy atom. The van der Waals surface area contributed by atoms with Gasteiger partial charge in [0.25, 0.3) is 7.86 Å². The molecule has 0 aliphatic heterocycles. The number of fused-ring (bicyclic) bond motifs is 2. The van der Waals surface area contributed by atoms with Gasteiger partial charge in [-0.3, -0.25) is 0 Å². The van der Waals surface area contributed by atoms with Crippen molar-refractivity contribution in [1.82, 2.24) is 0 Å². The molecule has 2 bridgehead atoms. The van der Waals surface area contributed by atoms with Crippen molar-refractivity contribution in [1.29, 1.82) is 0 Å². The standard InChI is InChI=1S/C7H10Br6Si2/c8-14(9,10)7(15(11,12)13)4-5-1-2-6(7)3-5/h5-6H,1-4H2. The van der Waals surface area contributed by atoms with E-state index in [9.17, 15) is 0 Å². The molecule has 2 unspecified atom stereocenters. The number of rotatable bonds is 2. The largest absolute Gasteiger partial charge is 0.273 e. The summed E-state index contributed by atoms with van der Waals surface area (Å²) in [6.07, 6.45) is 5.57. The van der Waals surface area contributed by atoms with Gasteiger partial charge in [0.05, 0.1) is 0 Å². The second-order valence-electron chi connectivity index (χ2n) is 4.55. The number of hydrogen-bond donors (Lipinski definition) is 0. The number of halogens is 6. The Labute approximate surface area is 140 Å². The SMILES string of the molecule is Br[Si](Br)(Br)C1([Si](Br)(Br)Br)CC2CCC1C2. The Morgan fingerprint density at radius 1 is 0.867 bits per heavy atom. The van der Waals surface area contributed by atoms with E-state index >= 15 is 0 Å². The van der Waals surface area contributed by atoms with Gasteiger partial charge in [0, 0.05) is 4.66 Å². The zero-order valence-electron chi connectivity index (χ0n) is 7.75. The van der Waals surface area contributed by atoms with Crippen molar-refractivity contribution in [2.45, 2.75) is 30.3 Å². The highest BCUT2D eigenvalue weighted by atomic mass is 80.0. The van der Waals surface area contributed by atoms with E-state index in [0.29, 0.717) is 4.66 Å². The van der Waals surface area contributed by atoms with E-state index in [1.807, 2.05) is 0 Å². The molecule has 0 heterocycles. The van der Waals surface area contributed by atoms with Crippen LogP contribution in [0.2, 0.25) is 4.66 Å². The molecule has 2 atom stereocenters. The number of hydrogen-bond acceptors (Lipinski definition) is 0. The monoisotopic (exact) mass is 624 g/mol. The molecule has 2 aliphatic rings. The summed E-state index contributed by atoms with van der Waals surface area (Å²) in [7, 11) is 0. The van der Waals surface area contributed by atoms with Crippen molar-refractivity contribution in [2.24, 2.45) is 11.8 Å². The van der Waals surface area contributed by atoms with Crippen LogP contribution in [0.15, 0.2) is 0 Å². The maximum absolute atomic E-state index is 3.92. The molecule has 0 N–H and O–H groups in total. The molecule has 0 nitrogen and oxygen atoms in total. The van der Waals surface area contributed by atoms with Gasteiger partial charge in [-0.1, -0.05) is 105 Å². The van der Waals surface area contributed by atoms with Crippen molar-refractivity contribution < 1.29 is 0 Å². The van der Waals surface area contributed by atoms with Crippen molar-refractivity contribution in [3.8, 4) is 0 Å². The molecule has 2 fully saturated rings. The van der Waals surface area contributed by atoms with Crippen LogP contribution in [0.4, 0.5) is 0 Å². The van der Waals surface area contributed by atoms with Gasteiger partial charge < -0.3 is 0 Å². The molecule has 8 heteroatoms. The summed E-state index contributed by atoms with van der Waals surface area (Å²) in [4.78, 5) is 0. The summed E-state index contributed by atoms with van der Waals surface area (Å²) in [6.45, 7) is 0. The molecule has 0 aromatic carbocycles. The predicted octanol–water partition coefficient (Wildman–Crippen LogP) is 6.33. The van der Waals surface area contributed by atoms with E-state index < -0.39 is 7.86 Å². The van der Waals surface area contributed by atoms with Crippen LogP contribution in [0.1, 0.15) is 25.7 Å². The maximum atomic E-state index is 3.92. The Hall–Kier alpha value is 3.31. The smallest absolute Gasteiger partial charge is 0.0960 e. The van der Waals surface area contributed by atoms with Crippen molar-refractivity contribution in [2.75, 3.05) is 0 Å². The molecular weight excluding hydrogens is 620 g/mol. The van der Waals surface area contributed by atoms with Crippen molar-refractivity contribution in [3.63, 3.8) is 0 Å². The van der Waals surface area contributed by atoms with Gasteiger partial charge in [0.1, 0.15) is 0 Å². The van der Waals surface area contributed by atoms with Crippen molar-refractivity contribution in [3.05, 3.63) is 0 Å². The summed E-state index contributed by atoms with van der Waals surface area (Å²) in [5, 5.41) is 0. The van der Waals surface area contributed by atoms with Gasteiger partial charge >= 0.3 is 0 Å². The van der Waals surface area contributed by atoms with Crippen molar-refractivity contribution >= 4 is 99.6 Å². The molecule has 2 saturated carbocycles.